The van der Waals surface area contributed by atoms with Gasteiger partial charge in [0, 0.05) is 13.1 Å². The van der Waals surface area contributed by atoms with Gasteiger partial charge in [-0.15, -0.1) is 0 Å². The lowest BCUT2D eigenvalue weighted by molar-refractivity contribution is -0.146. The van der Waals surface area contributed by atoms with Crippen molar-refractivity contribution in [1.29, 1.82) is 0 Å². The molecule has 0 unspecified atom stereocenters. The van der Waals surface area contributed by atoms with Gasteiger partial charge in [0.25, 0.3) is 0 Å². The lowest BCUT2D eigenvalue weighted by Crippen LogP contribution is -2.41. The molecule has 7 nitrogen and oxygen atoms in total. The zero-order valence-corrected chi connectivity index (χ0v) is 11.0. The van der Waals surface area contributed by atoms with Gasteiger partial charge in [0.2, 0.25) is 10.0 Å². The van der Waals surface area contributed by atoms with Crippen molar-refractivity contribution in [3.05, 3.63) is 0 Å². The third-order valence-corrected chi connectivity index (χ3v) is 4.83. The Kier molecular flexibility index (Phi) is 5.09. The molecule has 8 heteroatoms. The van der Waals surface area contributed by atoms with Crippen LogP contribution in [-0.2, 0) is 24.3 Å². The van der Waals surface area contributed by atoms with Crippen LogP contribution < -0.4 is 0 Å². The smallest absolute Gasteiger partial charge is 0.308 e. The molecule has 1 fully saturated rings. The maximum atomic E-state index is 11.8. The highest BCUT2D eigenvalue weighted by Crippen LogP contribution is 2.21. The Hall–Kier alpha value is -1.15. The van der Waals surface area contributed by atoms with Crippen molar-refractivity contribution < 1.29 is 27.9 Å². The third-order valence-electron chi connectivity index (χ3n) is 2.96. The van der Waals surface area contributed by atoms with Crippen LogP contribution >= 0.6 is 0 Å². The first-order chi connectivity index (χ1) is 8.36. The first-order valence-corrected chi connectivity index (χ1v) is 7.25. The summed E-state index contributed by atoms with van der Waals surface area (Å²) in [5, 5.41) is 8.48. The van der Waals surface area contributed by atoms with Gasteiger partial charge in [-0.05, 0) is 12.8 Å². The van der Waals surface area contributed by atoms with Gasteiger partial charge in [-0.2, -0.15) is 0 Å². The molecule has 0 aliphatic carbocycles. The van der Waals surface area contributed by atoms with Crippen molar-refractivity contribution in [2.24, 2.45) is 5.92 Å². The van der Waals surface area contributed by atoms with Crippen LogP contribution in [0.2, 0.25) is 0 Å². The minimum Gasteiger partial charge on any atom is -0.481 e. The van der Waals surface area contributed by atoms with Crippen LogP contribution in [0.15, 0.2) is 0 Å². The summed E-state index contributed by atoms with van der Waals surface area (Å²) in [6.07, 6.45) is 0.428. The first kappa shape index (κ1) is 14.9. The van der Waals surface area contributed by atoms with Crippen LogP contribution in [0.1, 0.15) is 19.3 Å². The topological polar surface area (TPSA) is 101 Å². The molecule has 0 spiro atoms. The fourth-order valence-electron chi connectivity index (χ4n) is 1.88. The summed E-state index contributed by atoms with van der Waals surface area (Å²) in [6.45, 7) is 0.476. The average molecular weight is 279 g/mol. The van der Waals surface area contributed by atoms with E-state index in [0.717, 1.165) is 0 Å². The number of sulfonamides is 1. The molecule has 1 saturated heterocycles. The van der Waals surface area contributed by atoms with Crippen molar-refractivity contribution in [2.45, 2.75) is 19.3 Å². The Morgan fingerprint density at radius 3 is 2.33 bits per heavy atom. The molecule has 0 atom stereocenters. The second-order valence-corrected chi connectivity index (χ2v) is 6.24. The zero-order valence-electron chi connectivity index (χ0n) is 10.2. The van der Waals surface area contributed by atoms with Crippen molar-refractivity contribution in [3.8, 4) is 0 Å². The number of carboxylic acids is 1. The standard InChI is InChI=1S/C10H17NO6S/c1-17-10(14)8-2-5-11(6-3-8)18(15,16)7-4-9(12)13/h8H,2-7H2,1H3,(H,12,13). The number of ether oxygens (including phenoxy) is 1. The van der Waals surface area contributed by atoms with E-state index in [0.29, 0.717) is 12.8 Å². The van der Waals surface area contributed by atoms with Crippen LogP contribution in [0.5, 0.6) is 0 Å². The Morgan fingerprint density at radius 2 is 1.89 bits per heavy atom. The van der Waals surface area contributed by atoms with Gasteiger partial charge in [-0.3, -0.25) is 9.59 Å². The molecule has 18 heavy (non-hydrogen) atoms. The number of nitrogens with zero attached hydrogens (tertiary/aromatic N) is 1. The molecule has 0 aromatic rings. The summed E-state index contributed by atoms with van der Waals surface area (Å²) >= 11 is 0. The van der Waals surface area contributed by atoms with E-state index in [1.54, 1.807) is 0 Å². The van der Waals surface area contributed by atoms with E-state index in [9.17, 15) is 18.0 Å². The third kappa shape index (κ3) is 3.95. The molecule has 0 radical (unpaired) electrons. The largest absolute Gasteiger partial charge is 0.481 e. The van der Waals surface area contributed by atoms with Crippen molar-refractivity contribution >= 4 is 22.0 Å². The molecule has 0 bridgehead atoms. The molecule has 1 aliphatic heterocycles. The van der Waals surface area contributed by atoms with E-state index in [2.05, 4.69) is 4.74 Å². The number of carbonyl (C=O) groups is 2. The Labute approximate surface area is 106 Å². The fraction of sp³-hybridized carbons (Fsp3) is 0.800. The predicted octanol–water partition coefficient (Wildman–Crippen LogP) is -0.324. The second kappa shape index (κ2) is 6.14. The Balaban J connectivity index is 2.51. The van der Waals surface area contributed by atoms with Gasteiger partial charge in [0.1, 0.15) is 0 Å². The van der Waals surface area contributed by atoms with Crippen molar-refractivity contribution in [1.82, 2.24) is 4.31 Å². The van der Waals surface area contributed by atoms with E-state index >= 15 is 0 Å². The second-order valence-electron chi connectivity index (χ2n) is 4.16. The van der Waals surface area contributed by atoms with E-state index in [1.807, 2.05) is 0 Å². The number of hydrogen-bond acceptors (Lipinski definition) is 5. The summed E-state index contributed by atoms with van der Waals surface area (Å²) in [5.41, 5.74) is 0. The van der Waals surface area contributed by atoms with Gasteiger partial charge >= 0.3 is 11.9 Å². The molecule has 0 aromatic carbocycles. The highest BCUT2D eigenvalue weighted by molar-refractivity contribution is 7.89. The zero-order chi connectivity index (χ0) is 13.8. The van der Waals surface area contributed by atoms with Gasteiger partial charge in [-0.25, -0.2) is 12.7 Å². The molecular weight excluding hydrogens is 262 g/mol. The lowest BCUT2D eigenvalue weighted by atomic mass is 9.99. The van der Waals surface area contributed by atoms with Crippen LogP contribution in [0.4, 0.5) is 0 Å². The highest BCUT2D eigenvalue weighted by Gasteiger charge is 2.31. The Morgan fingerprint density at radius 1 is 1.33 bits per heavy atom. The minimum atomic E-state index is -3.53. The van der Waals surface area contributed by atoms with E-state index in [-0.39, 0.29) is 25.0 Å². The molecule has 104 valence electrons. The quantitative estimate of drug-likeness (QED) is 0.692. The van der Waals surface area contributed by atoms with E-state index in [4.69, 9.17) is 5.11 Å². The highest BCUT2D eigenvalue weighted by atomic mass is 32.2. The van der Waals surface area contributed by atoms with Crippen LogP contribution in [0, 0.1) is 5.92 Å². The molecule has 0 aromatic heterocycles. The van der Waals surface area contributed by atoms with Crippen LogP contribution in [0.3, 0.4) is 0 Å². The molecule has 1 rings (SSSR count). The molecule has 1 N–H and O–H groups in total. The summed E-state index contributed by atoms with van der Waals surface area (Å²) in [7, 11) is -2.23. The number of rotatable bonds is 5. The maximum absolute atomic E-state index is 11.8. The normalized spacial score (nSPS) is 18.5. The summed E-state index contributed by atoms with van der Waals surface area (Å²) < 4.78 is 29.4. The van der Waals surface area contributed by atoms with Crippen molar-refractivity contribution in [2.75, 3.05) is 26.0 Å². The number of carbonyl (C=O) groups excluding carboxylic acids is 1. The average Bonchev–Trinajstić information content (AvgIpc) is 2.36. The number of esters is 1. The molecule has 1 heterocycles. The summed E-state index contributed by atoms with van der Waals surface area (Å²) in [6, 6.07) is 0. The Bertz CT molecular complexity index is 410. The van der Waals surface area contributed by atoms with Crippen molar-refractivity contribution in [3.63, 3.8) is 0 Å². The summed E-state index contributed by atoms with van der Waals surface area (Å²) in [4.78, 5) is 21.6. The maximum Gasteiger partial charge on any atom is 0.308 e. The molecule has 0 amide bonds. The molecular formula is C10H17NO6S. The number of carboxylic acid groups (broad SMARTS) is 1. The minimum absolute atomic E-state index is 0.238. The van der Waals surface area contributed by atoms with Gasteiger partial charge in [0.15, 0.2) is 0 Å². The predicted molar refractivity (Wildman–Crippen MR) is 62.4 cm³/mol. The van der Waals surface area contributed by atoms with Crippen LogP contribution in [0.25, 0.3) is 0 Å². The monoisotopic (exact) mass is 279 g/mol. The molecule has 0 saturated carbocycles. The first-order valence-electron chi connectivity index (χ1n) is 5.64. The SMILES string of the molecule is COC(=O)C1CCN(S(=O)(=O)CCC(=O)O)CC1. The number of piperidine rings is 1. The van der Waals surface area contributed by atoms with Crippen LogP contribution in [-0.4, -0.2) is 55.7 Å². The lowest BCUT2D eigenvalue weighted by Gasteiger charge is -2.29. The number of methoxy groups -OCH3 is 1. The van der Waals surface area contributed by atoms with E-state index < -0.39 is 28.2 Å². The van der Waals surface area contributed by atoms with Gasteiger partial charge in [-0.1, -0.05) is 0 Å². The number of hydrogen-bond donors (Lipinski definition) is 1. The fourth-order valence-corrected chi connectivity index (χ4v) is 3.34. The number of aliphatic carboxylic acids is 1. The van der Waals surface area contributed by atoms with Gasteiger partial charge < -0.3 is 9.84 Å². The molecule has 1 aliphatic rings. The summed E-state index contributed by atoms with van der Waals surface area (Å²) in [5.74, 6) is -2.12. The van der Waals surface area contributed by atoms with Gasteiger partial charge in [0.05, 0.1) is 25.2 Å². The van der Waals surface area contributed by atoms with E-state index in [1.165, 1.54) is 11.4 Å².